The first-order valence-electron chi connectivity index (χ1n) is 9.78. The standard InChI is InChI=1S/C20H20ClFN2O7S/c21-13-4-5-18(32(27,28)29)17(10-13)24(11-14(12-25)31-20(24)26)16-3-1-2-15(22)19(16)23-6-8-30-9-7-23/h1-5,10,14,25H,6-9,11-12H2/p+1/t14?,24-/m1/s1. The van der Waals surface area contributed by atoms with Crippen LogP contribution in [0.3, 0.4) is 0 Å². The van der Waals surface area contributed by atoms with Crippen LogP contribution < -0.4 is 9.38 Å². The number of ether oxygens (including phenoxy) is 2. The minimum absolute atomic E-state index is 0.0765. The van der Waals surface area contributed by atoms with Crippen LogP contribution in [0.5, 0.6) is 0 Å². The lowest BCUT2D eigenvalue weighted by Gasteiger charge is -2.35. The van der Waals surface area contributed by atoms with Gasteiger partial charge in [0.1, 0.15) is 12.2 Å². The molecule has 2 aromatic carbocycles. The van der Waals surface area contributed by atoms with Gasteiger partial charge in [-0.3, -0.25) is 4.55 Å². The fourth-order valence-corrected chi connectivity index (χ4v) is 5.07. The summed E-state index contributed by atoms with van der Waals surface area (Å²) in [5.41, 5.74) is -0.0336. The first kappa shape index (κ1) is 22.9. The number of carbonyl (C=O) groups is 1. The van der Waals surface area contributed by atoms with E-state index in [1.165, 1.54) is 30.3 Å². The van der Waals surface area contributed by atoms with Crippen LogP contribution >= 0.6 is 11.6 Å². The molecule has 1 unspecified atom stereocenters. The zero-order valence-corrected chi connectivity index (χ0v) is 18.4. The lowest BCUT2D eigenvalue weighted by molar-refractivity contribution is 0.0953. The Balaban J connectivity index is 2.06. The number of carbonyl (C=O) groups excluding carboxylic acids is 1. The van der Waals surface area contributed by atoms with E-state index < -0.39 is 44.1 Å². The van der Waals surface area contributed by atoms with Gasteiger partial charge in [-0.25, -0.2) is 4.39 Å². The Morgan fingerprint density at radius 1 is 1.19 bits per heavy atom. The van der Waals surface area contributed by atoms with E-state index in [2.05, 4.69) is 0 Å². The van der Waals surface area contributed by atoms with Crippen molar-refractivity contribution in [3.05, 3.63) is 47.2 Å². The molecule has 12 heteroatoms. The quantitative estimate of drug-likeness (QED) is 0.489. The van der Waals surface area contributed by atoms with Crippen molar-refractivity contribution in [3.8, 4) is 0 Å². The highest BCUT2D eigenvalue weighted by Gasteiger charge is 2.56. The molecular formula is C20H21ClFN2O7S+. The lowest BCUT2D eigenvalue weighted by Crippen LogP contribution is -2.48. The summed E-state index contributed by atoms with van der Waals surface area (Å²) in [6, 6.07) is 7.66. The molecule has 0 spiro atoms. The molecule has 172 valence electrons. The molecular weight excluding hydrogens is 467 g/mol. The predicted octanol–water partition coefficient (Wildman–Crippen LogP) is 2.71. The smallest absolute Gasteiger partial charge is 0.408 e. The Kier molecular flexibility index (Phi) is 6.14. The third-order valence-electron chi connectivity index (χ3n) is 5.57. The largest absolute Gasteiger partial charge is 0.527 e. The van der Waals surface area contributed by atoms with E-state index >= 15 is 4.39 Å². The van der Waals surface area contributed by atoms with Crippen molar-refractivity contribution in [3.63, 3.8) is 0 Å². The van der Waals surface area contributed by atoms with E-state index in [1.54, 1.807) is 4.90 Å². The third kappa shape index (κ3) is 3.85. The summed E-state index contributed by atoms with van der Waals surface area (Å²) in [6.07, 6.45) is -1.92. The number of anilines is 1. The molecule has 9 nitrogen and oxygen atoms in total. The van der Waals surface area contributed by atoms with Crippen molar-refractivity contribution in [2.75, 3.05) is 44.4 Å². The van der Waals surface area contributed by atoms with E-state index in [1.807, 2.05) is 0 Å². The summed E-state index contributed by atoms with van der Waals surface area (Å²) in [4.78, 5) is 14.5. The second kappa shape index (κ2) is 8.58. The van der Waals surface area contributed by atoms with Gasteiger partial charge in [0.15, 0.2) is 28.2 Å². The lowest BCUT2D eigenvalue weighted by atomic mass is 10.1. The summed E-state index contributed by atoms with van der Waals surface area (Å²) in [7, 11) is -4.80. The second-order valence-electron chi connectivity index (χ2n) is 7.47. The number of hydrogen-bond donors (Lipinski definition) is 2. The predicted molar refractivity (Wildman–Crippen MR) is 114 cm³/mol. The van der Waals surface area contributed by atoms with Crippen molar-refractivity contribution in [1.29, 1.82) is 0 Å². The fraction of sp³-hybridized carbons (Fsp3) is 0.350. The molecule has 32 heavy (non-hydrogen) atoms. The number of aliphatic hydroxyl groups excluding tert-OH is 1. The van der Waals surface area contributed by atoms with E-state index in [-0.39, 0.29) is 28.6 Å². The Labute approximate surface area is 188 Å². The summed E-state index contributed by atoms with van der Waals surface area (Å²) >= 11 is 6.14. The van der Waals surface area contributed by atoms with Crippen LogP contribution in [0.25, 0.3) is 0 Å². The molecule has 0 saturated carbocycles. The highest BCUT2D eigenvalue weighted by Crippen LogP contribution is 2.49. The minimum atomic E-state index is -4.80. The molecule has 4 rings (SSSR count). The van der Waals surface area contributed by atoms with Crippen LogP contribution in [0.15, 0.2) is 41.3 Å². The average molecular weight is 488 g/mol. The van der Waals surface area contributed by atoms with Gasteiger partial charge in [0.05, 0.1) is 19.8 Å². The molecule has 2 heterocycles. The van der Waals surface area contributed by atoms with Crippen LogP contribution in [0, 0.1) is 5.82 Å². The number of rotatable bonds is 5. The van der Waals surface area contributed by atoms with Gasteiger partial charge >= 0.3 is 16.2 Å². The number of hydrogen-bond acceptors (Lipinski definition) is 7. The molecule has 0 radical (unpaired) electrons. The van der Waals surface area contributed by atoms with Gasteiger partial charge in [-0.15, -0.1) is 0 Å². The number of para-hydroxylation sites is 1. The SMILES string of the molecule is O=C1OC(CO)C[N@+]1(c1cc(Cl)ccc1S(=O)(=O)O)c1cccc(F)c1N1CCOCC1. The van der Waals surface area contributed by atoms with Gasteiger partial charge < -0.3 is 19.5 Å². The van der Waals surface area contributed by atoms with Crippen molar-refractivity contribution < 1.29 is 36.7 Å². The topological polar surface area (TPSA) is 113 Å². The molecule has 2 atom stereocenters. The van der Waals surface area contributed by atoms with Gasteiger partial charge in [0, 0.05) is 30.2 Å². The number of aliphatic hydroxyl groups is 1. The number of nitrogens with zero attached hydrogens (tertiary/aromatic N) is 2. The van der Waals surface area contributed by atoms with Crippen molar-refractivity contribution in [2.45, 2.75) is 11.0 Å². The van der Waals surface area contributed by atoms with Crippen molar-refractivity contribution >= 4 is 44.9 Å². The number of amides is 1. The number of quaternary nitrogens is 1. The van der Waals surface area contributed by atoms with E-state index in [0.717, 1.165) is 6.07 Å². The first-order chi connectivity index (χ1) is 15.2. The van der Waals surface area contributed by atoms with Crippen LogP contribution in [-0.2, 0) is 19.6 Å². The van der Waals surface area contributed by atoms with Gasteiger partial charge in [-0.1, -0.05) is 17.7 Å². The maximum atomic E-state index is 15.2. The summed E-state index contributed by atoms with van der Waals surface area (Å²) in [5, 5.41) is 9.78. The Morgan fingerprint density at radius 3 is 2.53 bits per heavy atom. The normalized spacial score (nSPS) is 23.9. The minimum Gasteiger partial charge on any atom is -0.408 e. The fourth-order valence-electron chi connectivity index (χ4n) is 4.19. The molecule has 0 aliphatic carbocycles. The van der Waals surface area contributed by atoms with Gasteiger partial charge in [-0.05, 0) is 18.2 Å². The molecule has 0 aromatic heterocycles. The third-order valence-corrected chi connectivity index (χ3v) is 6.71. The van der Waals surface area contributed by atoms with Crippen LogP contribution in [0.2, 0.25) is 5.02 Å². The van der Waals surface area contributed by atoms with E-state index in [9.17, 15) is 22.9 Å². The summed E-state index contributed by atoms with van der Waals surface area (Å²) in [5.74, 6) is -0.627. The van der Waals surface area contributed by atoms with Gasteiger partial charge in [-0.2, -0.15) is 17.7 Å². The summed E-state index contributed by atoms with van der Waals surface area (Å²) in [6.45, 7) is 0.588. The highest BCUT2D eigenvalue weighted by molar-refractivity contribution is 7.86. The first-order valence-corrected chi connectivity index (χ1v) is 11.6. The average Bonchev–Trinajstić information content (AvgIpc) is 3.10. The van der Waals surface area contributed by atoms with Gasteiger partial charge in [0.25, 0.3) is 0 Å². The monoisotopic (exact) mass is 487 g/mol. The Morgan fingerprint density at radius 2 is 1.91 bits per heavy atom. The maximum absolute atomic E-state index is 15.2. The number of cyclic esters (lactones) is 1. The van der Waals surface area contributed by atoms with Crippen LogP contribution in [-0.4, -0.2) is 69.7 Å². The molecule has 0 bridgehead atoms. The van der Waals surface area contributed by atoms with Crippen molar-refractivity contribution in [1.82, 2.24) is 4.48 Å². The number of morpholine rings is 1. The second-order valence-corrected chi connectivity index (χ2v) is 9.30. The number of halogens is 2. The Hall–Kier alpha value is -2.28. The van der Waals surface area contributed by atoms with E-state index in [4.69, 9.17) is 21.1 Å². The molecule has 2 N–H and O–H groups in total. The molecule has 2 saturated heterocycles. The molecule has 1 amide bonds. The molecule has 2 fully saturated rings. The van der Waals surface area contributed by atoms with Gasteiger partial charge in [0.2, 0.25) is 0 Å². The molecule has 2 aliphatic rings. The molecule has 2 aromatic rings. The van der Waals surface area contributed by atoms with Crippen molar-refractivity contribution in [2.24, 2.45) is 0 Å². The van der Waals surface area contributed by atoms with Crippen LogP contribution in [0.4, 0.5) is 26.2 Å². The molecule has 2 aliphatic heterocycles. The highest BCUT2D eigenvalue weighted by atomic mass is 35.5. The maximum Gasteiger partial charge on any atom is 0.527 e. The Bertz CT molecular complexity index is 1160. The zero-order valence-electron chi connectivity index (χ0n) is 16.8. The van der Waals surface area contributed by atoms with E-state index in [0.29, 0.717) is 26.3 Å². The van der Waals surface area contributed by atoms with Crippen LogP contribution in [0.1, 0.15) is 0 Å². The zero-order chi connectivity index (χ0) is 23.1. The summed E-state index contributed by atoms with van der Waals surface area (Å²) < 4.78 is 59.3. The number of benzene rings is 2.